The summed E-state index contributed by atoms with van der Waals surface area (Å²) < 4.78 is 4.81. The van der Waals surface area contributed by atoms with Crippen LogP contribution in [0, 0.1) is 0 Å². The highest BCUT2D eigenvalue weighted by Gasteiger charge is 2.17. The molecule has 0 atom stereocenters. The van der Waals surface area contributed by atoms with Crippen LogP contribution in [0.2, 0.25) is 0 Å². The van der Waals surface area contributed by atoms with E-state index < -0.39 is 0 Å². The number of ether oxygens (including phenoxy) is 1. The molecular weight excluding hydrogens is 268 g/mol. The molecule has 1 aromatic carbocycles. The van der Waals surface area contributed by atoms with Crippen LogP contribution in [0.25, 0.3) is 6.08 Å². The number of urea groups is 1. The van der Waals surface area contributed by atoms with Crippen molar-refractivity contribution < 1.29 is 14.3 Å². The molecule has 1 aliphatic heterocycles. The largest absolute Gasteiger partial charge is 0.463 e. The second kappa shape index (κ2) is 7.47. The zero-order chi connectivity index (χ0) is 15.1. The molecule has 1 fully saturated rings. The van der Waals surface area contributed by atoms with Crippen LogP contribution < -0.4 is 5.32 Å². The highest BCUT2D eigenvalue weighted by atomic mass is 16.5. The highest BCUT2D eigenvalue weighted by molar-refractivity contribution is 5.90. The van der Waals surface area contributed by atoms with Crippen LogP contribution in [0.1, 0.15) is 25.3 Å². The fourth-order valence-corrected chi connectivity index (χ4v) is 2.15. The number of hydrogen-bond donors (Lipinski definition) is 1. The highest BCUT2D eigenvalue weighted by Crippen LogP contribution is 2.14. The normalized spacial score (nSPS) is 14.4. The van der Waals surface area contributed by atoms with Crippen LogP contribution in [0.15, 0.2) is 30.3 Å². The van der Waals surface area contributed by atoms with Gasteiger partial charge in [0.15, 0.2) is 0 Å². The van der Waals surface area contributed by atoms with Gasteiger partial charge in [0.2, 0.25) is 0 Å². The molecule has 1 N–H and O–H groups in total. The third-order valence-corrected chi connectivity index (χ3v) is 3.25. The smallest absolute Gasteiger partial charge is 0.330 e. The van der Waals surface area contributed by atoms with Crippen molar-refractivity contribution >= 4 is 23.8 Å². The van der Waals surface area contributed by atoms with Crippen molar-refractivity contribution in [3.05, 3.63) is 35.9 Å². The lowest BCUT2D eigenvalue weighted by atomic mass is 10.2. The van der Waals surface area contributed by atoms with E-state index in [1.54, 1.807) is 13.0 Å². The second-order valence-electron chi connectivity index (χ2n) is 4.83. The Bertz CT molecular complexity index is 517. The molecule has 2 amide bonds. The fraction of sp³-hybridized carbons (Fsp3) is 0.375. The monoisotopic (exact) mass is 288 g/mol. The third kappa shape index (κ3) is 4.63. The molecule has 0 radical (unpaired) electrons. The molecule has 21 heavy (non-hydrogen) atoms. The minimum atomic E-state index is -0.357. The van der Waals surface area contributed by atoms with Crippen LogP contribution in [0.5, 0.6) is 0 Å². The molecule has 0 saturated carbocycles. The Hall–Kier alpha value is -2.30. The Kier molecular flexibility index (Phi) is 5.37. The molecule has 0 bridgehead atoms. The molecule has 5 heteroatoms. The van der Waals surface area contributed by atoms with Gasteiger partial charge in [-0.25, -0.2) is 9.59 Å². The van der Waals surface area contributed by atoms with Gasteiger partial charge in [-0.1, -0.05) is 12.1 Å². The average molecular weight is 288 g/mol. The maximum Gasteiger partial charge on any atom is 0.330 e. The van der Waals surface area contributed by atoms with E-state index in [1.165, 1.54) is 6.08 Å². The Morgan fingerprint density at radius 1 is 1.24 bits per heavy atom. The molecule has 0 aliphatic carbocycles. The molecule has 5 nitrogen and oxygen atoms in total. The van der Waals surface area contributed by atoms with Crippen LogP contribution in [-0.4, -0.2) is 36.6 Å². The van der Waals surface area contributed by atoms with Crippen LogP contribution in [0.3, 0.4) is 0 Å². The van der Waals surface area contributed by atoms with Crippen molar-refractivity contribution in [2.24, 2.45) is 0 Å². The number of esters is 1. The van der Waals surface area contributed by atoms with E-state index in [9.17, 15) is 9.59 Å². The van der Waals surface area contributed by atoms with Crippen molar-refractivity contribution in [1.29, 1.82) is 0 Å². The molecular formula is C16H20N2O3. The standard InChI is InChI=1S/C16H20N2O3/c1-2-21-15(19)10-7-13-5-8-14(9-6-13)17-16(20)18-11-3-4-12-18/h5-10H,2-4,11-12H2,1H3,(H,17,20)/b10-7-. The summed E-state index contributed by atoms with van der Waals surface area (Å²) in [6.45, 7) is 3.78. The summed E-state index contributed by atoms with van der Waals surface area (Å²) in [5, 5.41) is 2.87. The maximum atomic E-state index is 11.9. The second-order valence-corrected chi connectivity index (χ2v) is 4.83. The number of hydrogen-bond acceptors (Lipinski definition) is 3. The number of amides is 2. The Balaban J connectivity index is 1.89. The topological polar surface area (TPSA) is 58.6 Å². The van der Waals surface area contributed by atoms with Gasteiger partial charge in [0.25, 0.3) is 0 Å². The first-order valence-corrected chi connectivity index (χ1v) is 7.20. The first-order chi connectivity index (χ1) is 10.2. The lowest BCUT2D eigenvalue weighted by Crippen LogP contribution is -2.32. The van der Waals surface area contributed by atoms with Crippen LogP contribution >= 0.6 is 0 Å². The number of rotatable bonds is 4. The number of anilines is 1. The minimum Gasteiger partial charge on any atom is -0.463 e. The van der Waals surface area contributed by atoms with Gasteiger partial charge in [0.05, 0.1) is 6.61 Å². The molecule has 1 aromatic rings. The van der Waals surface area contributed by atoms with Crippen molar-refractivity contribution in [2.45, 2.75) is 19.8 Å². The van der Waals surface area contributed by atoms with Crippen molar-refractivity contribution in [2.75, 3.05) is 25.0 Å². The van der Waals surface area contributed by atoms with Gasteiger partial charge in [0, 0.05) is 24.9 Å². The summed E-state index contributed by atoms with van der Waals surface area (Å²) in [5.74, 6) is -0.357. The molecule has 0 unspecified atom stereocenters. The zero-order valence-electron chi connectivity index (χ0n) is 12.2. The van der Waals surface area contributed by atoms with E-state index >= 15 is 0 Å². The molecule has 1 heterocycles. The van der Waals surface area contributed by atoms with Crippen LogP contribution in [-0.2, 0) is 9.53 Å². The Labute approximate surface area is 124 Å². The first-order valence-electron chi connectivity index (χ1n) is 7.20. The predicted octanol–water partition coefficient (Wildman–Crippen LogP) is 2.89. The Morgan fingerprint density at radius 3 is 2.52 bits per heavy atom. The summed E-state index contributed by atoms with van der Waals surface area (Å²) in [6, 6.07) is 7.27. The van der Waals surface area contributed by atoms with Crippen LogP contribution in [0.4, 0.5) is 10.5 Å². The quantitative estimate of drug-likeness (QED) is 0.684. The number of nitrogens with zero attached hydrogens (tertiary/aromatic N) is 1. The Morgan fingerprint density at radius 2 is 1.90 bits per heavy atom. The summed E-state index contributed by atoms with van der Waals surface area (Å²) in [7, 11) is 0. The average Bonchev–Trinajstić information content (AvgIpc) is 3.01. The number of carbonyl (C=O) groups excluding carboxylic acids is 2. The third-order valence-electron chi connectivity index (χ3n) is 3.25. The van der Waals surface area contributed by atoms with Gasteiger partial charge in [-0.05, 0) is 43.5 Å². The van der Waals surface area contributed by atoms with E-state index in [1.807, 2.05) is 29.2 Å². The van der Waals surface area contributed by atoms with E-state index in [0.717, 1.165) is 37.2 Å². The molecule has 2 rings (SSSR count). The lowest BCUT2D eigenvalue weighted by molar-refractivity contribution is -0.137. The number of nitrogens with one attached hydrogen (secondary N) is 1. The van der Waals surface area contributed by atoms with E-state index in [2.05, 4.69) is 5.32 Å². The van der Waals surface area contributed by atoms with E-state index in [4.69, 9.17) is 4.74 Å². The van der Waals surface area contributed by atoms with Gasteiger partial charge in [-0.3, -0.25) is 0 Å². The zero-order valence-corrected chi connectivity index (χ0v) is 12.2. The molecule has 0 aromatic heterocycles. The molecule has 1 saturated heterocycles. The molecule has 0 spiro atoms. The van der Waals surface area contributed by atoms with Gasteiger partial charge in [0.1, 0.15) is 0 Å². The van der Waals surface area contributed by atoms with Gasteiger partial charge >= 0.3 is 12.0 Å². The van der Waals surface area contributed by atoms with Crippen molar-refractivity contribution in [3.8, 4) is 0 Å². The molecule has 1 aliphatic rings. The maximum absolute atomic E-state index is 11.9. The van der Waals surface area contributed by atoms with Crippen molar-refractivity contribution in [1.82, 2.24) is 4.90 Å². The van der Waals surface area contributed by atoms with E-state index in [0.29, 0.717) is 6.61 Å². The first kappa shape index (κ1) is 15.1. The summed E-state index contributed by atoms with van der Waals surface area (Å²) in [4.78, 5) is 24.9. The molecule has 112 valence electrons. The van der Waals surface area contributed by atoms with E-state index in [-0.39, 0.29) is 12.0 Å². The number of likely N-dealkylation sites (tertiary alicyclic amines) is 1. The summed E-state index contributed by atoms with van der Waals surface area (Å²) >= 11 is 0. The van der Waals surface area contributed by atoms with Crippen molar-refractivity contribution in [3.63, 3.8) is 0 Å². The van der Waals surface area contributed by atoms with Gasteiger partial charge < -0.3 is 15.0 Å². The lowest BCUT2D eigenvalue weighted by Gasteiger charge is -2.16. The summed E-state index contributed by atoms with van der Waals surface area (Å²) in [5.41, 5.74) is 1.63. The van der Waals surface area contributed by atoms with Gasteiger partial charge in [-0.15, -0.1) is 0 Å². The number of carbonyl (C=O) groups is 2. The summed E-state index contributed by atoms with van der Waals surface area (Å²) in [6.07, 6.45) is 5.22. The predicted molar refractivity (Wildman–Crippen MR) is 81.9 cm³/mol. The number of benzene rings is 1. The minimum absolute atomic E-state index is 0.0534. The fourth-order valence-electron chi connectivity index (χ4n) is 2.15. The SMILES string of the molecule is CCOC(=O)/C=C\c1ccc(NC(=O)N2CCCC2)cc1. The van der Waals surface area contributed by atoms with Gasteiger partial charge in [-0.2, -0.15) is 0 Å².